The molecule has 0 atom stereocenters. The molecular formula is C15H19ClN6O4S. The lowest BCUT2D eigenvalue weighted by atomic mass is 9.94. The summed E-state index contributed by atoms with van der Waals surface area (Å²) in [6.45, 7) is 1.79. The molecule has 0 aliphatic carbocycles. The minimum Gasteiger partial charge on any atom is -0.334 e. The monoisotopic (exact) mass is 414 g/mol. The van der Waals surface area contributed by atoms with Crippen LogP contribution in [0.1, 0.15) is 30.3 Å². The zero-order valence-corrected chi connectivity index (χ0v) is 16.1. The van der Waals surface area contributed by atoms with Crippen LogP contribution in [-0.4, -0.2) is 52.5 Å². The number of nitrogens with one attached hydrogen (secondary N) is 2. The van der Waals surface area contributed by atoms with E-state index in [2.05, 4.69) is 25.5 Å². The molecule has 12 heteroatoms. The van der Waals surface area contributed by atoms with Gasteiger partial charge < -0.3 is 14.8 Å². The number of H-pyrrole nitrogens is 1. The van der Waals surface area contributed by atoms with Gasteiger partial charge in [0, 0.05) is 18.2 Å². The molecule has 1 saturated heterocycles. The molecule has 0 bridgehead atoms. The first kappa shape index (κ1) is 19.5. The van der Waals surface area contributed by atoms with Gasteiger partial charge in [-0.3, -0.25) is 4.79 Å². The van der Waals surface area contributed by atoms with Crippen molar-refractivity contribution >= 4 is 27.9 Å². The van der Waals surface area contributed by atoms with Crippen molar-refractivity contribution in [3.8, 4) is 11.5 Å². The van der Waals surface area contributed by atoms with E-state index in [1.165, 1.54) is 6.20 Å². The zero-order chi connectivity index (χ0) is 18.3. The fourth-order valence-corrected chi connectivity index (χ4v) is 3.82. The van der Waals surface area contributed by atoms with Crippen LogP contribution in [0.2, 0.25) is 0 Å². The summed E-state index contributed by atoms with van der Waals surface area (Å²) in [6.07, 6.45) is 4.48. The molecule has 0 saturated carbocycles. The van der Waals surface area contributed by atoms with Crippen LogP contribution in [0.5, 0.6) is 0 Å². The molecule has 4 heterocycles. The fraction of sp³-hybridized carbons (Fsp3) is 0.467. The van der Waals surface area contributed by atoms with Crippen LogP contribution in [0.15, 0.2) is 21.6 Å². The third-order valence-electron chi connectivity index (χ3n) is 4.38. The molecule has 2 N–H and O–H groups in total. The van der Waals surface area contributed by atoms with E-state index in [9.17, 15) is 13.2 Å². The highest BCUT2D eigenvalue weighted by molar-refractivity contribution is 7.89. The Labute approximate surface area is 160 Å². The summed E-state index contributed by atoms with van der Waals surface area (Å²) in [5.41, 5.74) is 1.53. The van der Waals surface area contributed by atoms with Gasteiger partial charge >= 0.3 is 0 Å². The van der Waals surface area contributed by atoms with Gasteiger partial charge in [-0.2, -0.15) is 10.1 Å². The highest BCUT2D eigenvalue weighted by Crippen LogP contribution is 2.27. The lowest BCUT2D eigenvalue weighted by molar-refractivity contribution is 0.424. The van der Waals surface area contributed by atoms with Crippen molar-refractivity contribution in [3.05, 3.63) is 34.1 Å². The Balaban J connectivity index is 0.00000210. The van der Waals surface area contributed by atoms with Gasteiger partial charge in [-0.1, -0.05) is 5.16 Å². The number of piperidine rings is 1. The summed E-state index contributed by atoms with van der Waals surface area (Å²) in [5, 5.41) is 11.4. The van der Waals surface area contributed by atoms with Crippen LogP contribution in [0, 0.1) is 0 Å². The molecule has 3 aromatic rings. The second kappa shape index (κ2) is 7.41. The Hall–Kier alpha value is -2.24. The molecule has 146 valence electrons. The molecule has 4 rings (SSSR count). The zero-order valence-electron chi connectivity index (χ0n) is 14.5. The second-order valence-electron chi connectivity index (χ2n) is 6.49. The highest BCUT2D eigenvalue weighted by atomic mass is 35.5. The maximum Gasteiger partial charge on any atom is 0.263 e. The number of fused-ring (bicyclic) bond motifs is 1. The summed E-state index contributed by atoms with van der Waals surface area (Å²) < 4.78 is 29.6. The standard InChI is InChI=1S/C15H18N6O4S.ClH/c1-26(23,24)8-12-18-15(25-20-12)10-7-17-21-11(6-13(22)19-14(10)21)9-2-4-16-5-3-9;/h6-7,9,16H,2-5,8H2,1H3,(H,19,22);1H. The van der Waals surface area contributed by atoms with Gasteiger partial charge in [-0.15, -0.1) is 12.4 Å². The molecule has 1 fully saturated rings. The van der Waals surface area contributed by atoms with E-state index in [0.717, 1.165) is 37.9 Å². The molecule has 1 aliphatic heterocycles. The molecule has 0 amide bonds. The number of nitrogens with zero attached hydrogens (tertiary/aromatic N) is 4. The van der Waals surface area contributed by atoms with Gasteiger partial charge in [-0.25, -0.2) is 12.9 Å². The van der Waals surface area contributed by atoms with Gasteiger partial charge in [0.05, 0.1) is 11.9 Å². The van der Waals surface area contributed by atoms with Gasteiger partial charge in [0.25, 0.3) is 11.4 Å². The van der Waals surface area contributed by atoms with Crippen molar-refractivity contribution < 1.29 is 12.9 Å². The number of hydrogen-bond acceptors (Lipinski definition) is 8. The number of hydrogen-bond donors (Lipinski definition) is 2. The van der Waals surface area contributed by atoms with E-state index in [4.69, 9.17) is 4.52 Å². The predicted octanol–water partition coefficient (Wildman–Crippen LogP) is 0.506. The smallest absolute Gasteiger partial charge is 0.263 e. The Morgan fingerprint density at radius 3 is 2.78 bits per heavy atom. The van der Waals surface area contributed by atoms with Crippen molar-refractivity contribution in [2.24, 2.45) is 0 Å². The number of aromatic nitrogens is 5. The summed E-state index contributed by atoms with van der Waals surface area (Å²) >= 11 is 0. The van der Waals surface area contributed by atoms with Gasteiger partial charge in [0.1, 0.15) is 17.0 Å². The Morgan fingerprint density at radius 1 is 1.33 bits per heavy atom. The average molecular weight is 415 g/mol. The number of halogens is 1. The van der Waals surface area contributed by atoms with Crippen LogP contribution in [0.4, 0.5) is 0 Å². The molecular weight excluding hydrogens is 396 g/mol. The molecule has 0 radical (unpaired) electrons. The Bertz CT molecular complexity index is 1110. The Kier molecular flexibility index (Phi) is 5.36. The first-order valence-electron chi connectivity index (χ1n) is 8.23. The summed E-state index contributed by atoms with van der Waals surface area (Å²) in [7, 11) is -3.27. The van der Waals surface area contributed by atoms with Crippen LogP contribution in [0.3, 0.4) is 0 Å². The fourth-order valence-electron chi connectivity index (χ4n) is 3.23. The van der Waals surface area contributed by atoms with E-state index in [1.807, 2.05) is 0 Å². The van der Waals surface area contributed by atoms with Crippen molar-refractivity contribution in [1.29, 1.82) is 0 Å². The summed E-state index contributed by atoms with van der Waals surface area (Å²) in [6, 6.07) is 1.57. The molecule has 0 aromatic carbocycles. The third kappa shape index (κ3) is 4.04. The molecule has 10 nitrogen and oxygen atoms in total. The first-order valence-corrected chi connectivity index (χ1v) is 10.3. The van der Waals surface area contributed by atoms with E-state index in [1.54, 1.807) is 10.6 Å². The maximum absolute atomic E-state index is 12.2. The van der Waals surface area contributed by atoms with E-state index < -0.39 is 9.84 Å². The van der Waals surface area contributed by atoms with Crippen molar-refractivity contribution in [2.45, 2.75) is 24.5 Å². The SMILES string of the molecule is CS(=O)(=O)Cc1noc(-c2cnn3c(C4CCNCC4)cc(=O)[nH]c23)n1.Cl. The summed E-state index contributed by atoms with van der Waals surface area (Å²) in [5.74, 6) is 0.111. The lowest BCUT2D eigenvalue weighted by Gasteiger charge is -2.23. The quantitative estimate of drug-likeness (QED) is 0.630. The van der Waals surface area contributed by atoms with Gasteiger partial charge in [0.15, 0.2) is 15.7 Å². The molecule has 0 spiro atoms. The van der Waals surface area contributed by atoms with Crippen LogP contribution >= 0.6 is 12.4 Å². The minimum absolute atomic E-state index is 0. The van der Waals surface area contributed by atoms with Crippen LogP contribution < -0.4 is 10.9 Å². The first-order chi connectivity index (χ1) is 12.4. The second-order valence-corrected chi connectivity index (χ2v) is 8.63. The molecule has 1 aliphatic rings. The maximum atomic E-state index is 12.2. The molecule has 27 heavy (non-hydrogen) atoms. The van der Waals surface area contributed by atoms with Crippen molar-refractivity contribution in [2.75, 3.05) is 19.3 Å². The normalized spacial score (nSPS) is 15.7. The summed E-state index contributed by atoms with van der Waals surface area (Å²) in [4.78, 5) is 19.0. The topological polar surface area (TPSA) is 135 Å². The van der Waals surface area contributed by atoms with E-state index in [0.29, 0.717) is 11.2 Å². The molecule has 0 unspecified atom stereocenters. The average Bonchev–Trinajstić information content (AvgIpc) is 3.20. The van der Waals surface area contributed by atoms with Gasteiger partial charge in [0.2, 0.25) is 0 Å². The number of rotatable bonds is 4. The largest absolute Gasteiger partial charge is 0.334 e. The van der Waals surface area contributed by atoms with E-state index >= 15 is 0 Å². The number of sulfone groups is 1. The van der Waals surface area contributed by atoms with Gasteiger partial charge in [-0.05, 0) is 25.9 Å². The van der Waals surface area contributed by atoms with Crippen LogP contribution in [0.25, 0.3) is 17.1 Å². The molecule has 3 aromatic heterocycles. The van der Waals surface area contributed by atoms with Crippen molar-refractivity contribution in [1.82, 2.24) is 30.1 Å². The highest BCUT2D eigenvalue weighted by Gasteiger charge is 2.23. The van der Waals surface area contributed by atoms with E-state index in [-0.39, 0.29) is 41.4 Å². The predicted molar refractivity (Wildman–Crippen MR) is 99.7 cm³/mol. The third-order valence-corrected chi connectivity index (χ3v) is 5.16. The Morgan fingerprint density at radius 2 is 2.07 bits per heavy atom. The lowest BCUT2D eigenvalue weighted by Crippen LogP contribution is -2.28. The number of aromatic amines is 1. The van der Waals surface area contributed by atoms with Crippen molar-refractivity contribution in [3.63, 3.8) is 0 Å². The van der Waals surface area contributed by atoms with Crippen LogP contribution in [-0.2, 0) is 15.6 Å². The minimum atomic E-state index is -3.27.